The summed E-state index contributed by atoms with van der Waals surface area (Å²) in [5.41, 5.74) is -0.216. The molecule has 1 atom stereocenters. The Kier molecular flexibility index (Phi) is 5.80. The molecule has 0 saturated heterocycles. The SMILES string of the molecule is CC1=CC=CN2C1=NC(=O)C[C@]2(C)C(=O)N(CC(=O)NC1CCCC1)C1CCCC1. The number of hydrogen-bond donors (Lipinski definition) is 1. The molecule has 4 rings (SSSR count). The van der Waals surface area contributed by atoms with Crippen molar-refractivity contribution in [2.45, 2.75) is 89.3 Å². The lowest BCUT2D eigenvalue weighted by Crippen LogP contribution is -2.63. The molecule has 30 heavy (non-hydrogen) atoms. The lowest BCUT2D eigenvalue weighted by atomic mass is 9.88. The van der Waals surface area contributed by atoms with E-state index in [9.17, 15) is 14.4 Å². The number of hydrogen-bond acceptors (Lipinski definition) is 4. The van der Waals surface area contributed by atoms with E-state index < -0.39 is 5.54 Å². The first-order valence-corrected chi connectivity index (χ1v) is 11.3. The van der Waals surface area contributed by atoms with Crippen molar-refractivity contribution in [1.29, 1.82) is 0 Å². The molecule has 7 heteroatoms. The van der Waals surface area contributed by atoms with Gasteiger partial charge in [0.25, 0.3) is 5.91 Å². The number of carbonyl (C=O) groups excluding carboxylic acids is 3. The average molecular weight is 413 g/mol. The Labute approximate surface area is 178 Å². The topological polar surface area (TPSA) is 82.1 Å². The highest BCUT2D eigenvalue weighted by Gasteiger charge is 2.49. The van der Waals surface area contributed by atoms with Crippen LogP contribution in [0, 0.1) is 0 Å². The quantitative estimate of drug-likeness (QED) is 0.753. The minimum absolute atomic E-state index is 0.0143. The largest absolute Gasteiger partial charge is 0.352 e. The maximum Gasteiger partial charge on any atom is 0.250 e. The third kappa shape index (κ3) is 3.94. The van der Waals surface area contributed by atoms with Gasteiger partial charge in [-0.05, 0) is 51.2 Å². The monoisotopic (exact) mass is 412 g/mol. The second kappa shape index (κ2) is 8.36. The molecule has 2 heterocycles. The van der Waals surface area contributed by atoms with Crippen LogP contribution in [0.25, 0.3) is 0 Å². The summed E-state index contributed by atoms with van der Waals surface area (Å²) in [4.78, 5) is 47.0. The molecule has 162 valence electrons. The van der Waals surface area contributed by atoms with Gasteiger partial charge in [-0.3, -0.25) is 14.4 Å². The number of nitrogens with one attached hydrogen (secondary N) is 1. The Morgan fingerprint density at radius 3 is 2.57 bits per heavy atom. The molecule has 1 N–H and O–H groups in total. The van der Waals surface area contributed by atoms with Crippen LogP contribution in [0.3, 0.4) is 0 Å². The van der Waals surface area contributed by atoms with Crippen LogP contribution in [0.1, 0.15) is 71.6 Å². The smallest absolute Gasteiger partial charge is 0.250 e. The molecule has 0 aromatic carbocycles. The average Bonchev–Trinajstić information content (AvgIpc) is 3.40. The van der Waals surface area contributed by atoms with Crippen molar-refractivity contribution in [3.63, 3.8) is 0 Å². The van der Waals surface area contributed by atoms with Crippen molar-refractivity contribution in [3.8, 4) is 0 Å². The van der Waals surface area contributed by atoms with Gasteiger partial charge in [-0.25, -0.2) is 0 Å². The van der Waals surface area contributed by atoms with Crippen molar-refractivity contribution in [2.75, 3.05) is 6.54 Å². The fourth-order valence-corrected chi connectivity index (χ4v) is 5.26. The predicted octanol–water partition coefficient (Wildman–Crippen LogP) is 2.68. The van der Waals surface area contributed by atoms with Gasteiger partial charge in [-0.15, -0.1) is 0 Å². The van der Waals surface area contributed by atoms with E-state index in [4.69, 9.17) is 0 Å². The maximum atomic E-state index is 13.9. The van der Waals surface area contributed by atoms with Crippen LogP contribution in [0.5, 0.6) is 0 Å². The summed E-state index contributed by atoms with van der Waals surface area (Å²) in [7, 11) is 0. The van der Waals surface area contributed by atoms with E-state index in [1.54, 1.807) is 4.90 Å². The molecule has 4 aliphatic rings. The first kappa shape index (κ1) is 20.8. The zero-order valence-electron chi connectivity index (χ0n) is 18.0. The first-order valence-electron chi connectivity index (χ1n) is 11.3. The molecule has 3 amide bonds. The van der Waals surface area contributed by atoms with Crippen molar-refractivity contribution < 1.29 is 14.4 Å². The van der Waals surface area contributed by atoms with Crippen LogP contribution in [0.15, 0.2) is 28.9 Å². The Bertz CT molecular complexity index is 818. The number of amides is 3. The van der Waals surface area contributed by atoms with E-state index in [1.165, 1.54) is 0 Å². The Morgan fingerprint density at radius 2 is 1.87 bits per heavy atom. The van der Waals surface area contributed by atoms with Crippen molar-refractivity contribution in [1.82, 2.24) is 15.1 Å². The lowest BCUT2D eigenvalue weighted by molar-refractivity contribution is -0.148. The van der Waals surface area contributed by atoms with Gasteiger partial charge >= 0.3 is 0 Å². The number of allylic oxidation sites excluding steroid dienone is 2. The van der Waals surface area contributed by atoms with E-state index in [1.807, 2.05) is 37.1 Å². The number of fused-ring (bicyclic) bond motifs is 1. The van der Waals surface area contributed by atoms with Crippen LogP contribution < -0.4 is 5.32 Å². The van der Waals surface area contributed by atoms with Crippen molar-refractivity contribution in [2.24, 2.45) is 4.99 Å². The fraction of sp³-hybridized carbons (Fsp3) is 0.652. The minimum atomic E-state index is -1.07. The van der Waals surface area contributed by atoms with Gasteiger partial charge in [0, 0.05) is 18.3 Å². The number of amidine groups is 1. The molecular weight excluding hydrogens is 380 g/mol. The minimum Gasteiger partial charge on any atom is -0.352 e. The van der Waals surface area contributed by atoms with Gasteiger partial charge in [0.05, 0.1) is 13.0 Å². The van der Waals surface area contributed by atoms with Gasteiger partial charge in [-0.1, -0.05) is 31.8 Å². The highest BCUT2D eigenvalue weighted by Crippen LogP contribution is 2.34. The first-order chi connectivity index (χ1) is 14.4. The third-order valence-electron chi connectivity index (χ3n) is 6.94. The van der Waals surface area contributed by atoms with E-state index in [2.05, 4.69) is 10.3 Å². The Balaban J connectivity index is 1.58. The molecule has 0 unspecified atom stereocenters. The van der Waals surface area contributed by atoms with Crippen LogP contribution in [0.4, 0.5) is 0 Å². The molecule has 7 nitrogen and oxygen atoms in total. The molecule has 2 aliphatic carbocycles. The molecule has 2 aliphatic heterocycles. The molecule has 0 bridgehead atoms. The molecule has 2 fully saturated rings. The number of carbonyl (C=O) groups is 3. The second-order valence-electron chi connectivity index (χ2n) is 9.26. The van der Waals surface area contributed by atoms with Crippen molar-refractivity contribution in [3.05, 3.63) is 23.9 Å². The van der Waals surface area contributed by atoms with Gasteiger partial charge < -0.3 is 15.1 Å². The van der Waals surface area contributed by atoms with E-state index >= 15 is 0 Å². The standard InChI is InChI=1S/C23H32N4O3/c1-16-8-7-13-27-21(16)25-19(28)14-23(27,2)22(30)26(18-11-5-6-12-18)15-20(29)24-17-9-3-4-10-17/h7-8,13,17-18H,3-6,9-12,14-15H2,1-2H3,(H,24,29)/t23-/m1/s1. The summed E-state index contributed by atoms with van der Waals surface area (Å²) in [5.74, 6) is -0.00332. The van der Waals surface area contributed by atoms with E-state index in [0.29, 0.717) is 5.84 Å². The highest BCUT2D eigenvalue weighted by molar-refractivity contribution is 6.12. The zero-order valence-corrected chi connectivity index (χ0v) is 18.0. The predicted molar refractivity (Wildman–Crippen MR) is 115 cm³/mol. The van der Waals surface area contributed by atoms with Gasteiger partial charge in [-0.2, -0.15) is 4.99 Å². The summed E-state index contributed by atoms with van der Waals surface area (Å²) < 4.78 is 0. The molecular formula is C23H32N4O3. The fourth-order valence-electron chi connectivity index (χ4n) is 5.26. The molecule has 0 aromatic heterocycles. The van der Waals surface area contributed by atoms with Gasteiger partial charge in [0.2, 0.25) is 11.8 Å². The summed E-state index contributed by atoms with van der Waals surface area (Å²) in [6, 6.07) is 0.271. The van der Waals surface area contributed by atoms with Gasteiger partial charge in [0.1, 0.15) is 11.4 Å². The molecule has 0 spiro atoms. The summed E-state index contributed by atoms with van der Waals surface area (Å²) in [6.45, 7) is 3.76. The molecule has 0 radical (unpaired) electrons. The maximum absolute atomic E-state index is 13.9. The molecule has 2 saturated carbocycles. The number of nitrogens with zero attached hydrogens (tertiary/aromatic N) is 3. The van der Waals surface area contributed by atoms with E-state index in [0.717, 1.165) is 56.9 Å². The second-order valence-corrected chi connectivity index (χ2v) is 9.26. The Morgan fingerprint density at radius 1 is 1.20 bits per heavy atom. The summed E-state index contributed by atoms with van der Waals surface area (Å²) in [5, 5.41) is 3.12. The summed E-state index contributed by atoms with van der Waals surface area (Å²) >= 11 is 0. The number of rotatable bonds is 5. The van der Waals surface area contributed by atoms with Crippen LogP contribution in [-0.2, 0) is 14.4 Å². The normalized spacial score (nSPS) is 27.0. The highest BCUT2D eigenvalue weighted by atomic mass is 16.2. The van der Waals surface area contributed by atoms with Crippen molar-refractivity contribution >= 4 is 23.6 Å². The van der Waals surface area contributed by atoms with Crippen LogP contribution in [0.2, 0.25) is 0 Å². The zero-order chi connectivity index (χ0) is 21.3. The Hall–Kier alpha value is -2.44. The lowest BCUT2D eigenvalue weighted by Gasteiger charge is -2.46. The van der Waals surface area contributed by atoms with E-state index in [-0.39, 0.29) is 42.8 Å². The third-order valence-corrected chi connectivity index (χ3v) is 6.94. The molecule has 0 aromatic rings. The van der Waals surface area contributed by atoms with Crippen LogP contribution in [-0.4, -0.2) is 57.5 Å². The summed E-state index contributed by atoms with van der Waals surface area (Å²) in [6.07, 6.45) is 13.9. The van der Waals surface area contributed by atoms with Gasteiger partial charge in [0.15, 0.2) is 0 Å². The number of aliphatic imine (C=N–C) groups is 1. The van der Waals surface area contributed by atoms with Crippen LogP contribution >= 0.6 is 0 Å².